The Morgan fingerprint density at radius 3 is 1.93 bits per heavy atom. The fourth-order valence-corrected chi connectivity index (χ4v) is 16.4. The van der Waals surface area contributed by atoms with Gasteiger partial charge >= 0.3 is 0 Å². The van der Waals surface area contributed by atoms with Crippen LogP contribution in [0.25, 0.3) is 22.3 Å². The van der Waals surface area contributed by atoms with E-state index in [4.69, 9.17) is 0 Å². The average Bonchev–Trinajstić information content (AvgIpc) is 3.85. The first-order valence-corrected chi connectivity index (χ1v) is 23.5. The molecule has 0 N–H and O–H groups in total. The predicted molar refractivity (Wildman–Crippen MR) is 246 cm³/mol. The van der Waals surface area contributed by atoms with Crippen LogP contribution in [0.2, 0.25) is 0 Å². The molecule has 4 saturated carbocycles. The molecular formula is C57H55NS. The summed E-state index contributed by atoms with van der Waals surface area (Å²) in [7, 11) is 0. The van der Waals surface area contributed by atoms with Crippen LogP contribution in [0, 0.1) is 29.1 Å². The van der Waals surface area contributed by atoms with E-state index in [1.54, 1.807) is 11.1 Å². The van der Waals surface area contributed by atoms with Gasteiger partial charge in [0.2, 0.25) is 0 Å². The molecule has 7 aliphatic rings. The van der Waals surface area contributed by atoms with E-state index in [0.717, 1.165) is 23.7 Å². The second-order valence-electron chi connectivity index (χ2n) is 21.6. The summed E-state index contributed by atoms with van der Waals surface area (Å²) in [6.45, 7) is 14.7. The van der Waals surface area contributed by atoms with Gasteiger partial charge in [0.05, 0.1) is 0 Å². The quantitative estimate of drug-likeness (QED) is 0.175. The third-order valence-corrected chi connectivity index (χ3v) is 19.1. The Morgan fingerprint density at radius 2 is 1.14 bits per heavy atom. The number of benzene rings is 6. The Balaban J connectivity index is 1.03. The van der Waals surface area contributed by atoms with Gasteiger partial charge in [-0.25, -0.2) is 0 Å². The maximum absolute atomic E-state index is 2.70. The van der Waals surface area contributed by atoms with Gasteiger partial charge in [0, 0.05) is 37.7 Å². The van der Waals surface area contributed by atoms with Crippen LogP contribution >= 0.6 is 11.8 Å². The van der Waals surface area contributed by atoms with Gasteiger partial charge in [0.25, 0.3) is 0 Å². The summed E-state index contributed by atoms with van der Waals surface area (Å²) in [5.74, 6) is 3.32. The lowest BCUT2D eigenvalue weighted by molar-refractivity contribution is -0.235. The van der Waals surface area contributed by atoms with Gasteiger partial charge in [0.15, 0.2) is 0 Å². The number of anilines is 3. The summed E-state index contributed by atoms with van der Waals surface area (Å²) >= 11 is 2.05. The number of fused-ring (bicyclic) bond motifs is 11. The fraction of sp³-hybridized carbons (Fsp3) is 0.368. The SMILES string of the molecule is CC1(C)CCC(C)(C)c2cc(N(c3ccc4c(c3)C(C)(C)c3ccccc3-4)c3ccc4c(c3)C3(c5cccc(-c6ccccc6)c5S4)C4CC5CC6CC3C64C5)ccc21. The number of rotatable bonds is 4. The lowest BCUT2D eigenvalue weighted by Crippen LogP contribution is -2.74. The summed E-state index contributed by atoms with van der Waals surface area (Å²) in [5.41, 5.74) is 19.3. The van der Waals surface area contributed by atoms with Crippen molar-refractivity contribution in [3.8, 4) is 22.3 Å². The second kappa shape index (κ2) is 11.4. The zero-order valence-corrected chi connectivity index (χ0v) is 36.3. The van der Waals surface area contributed by atoms with Crippen molar-refractivity contribution >= 4 is 28.8 Å². The maximum atomic E-state index is 2.70. The smallest absolute Gasteiger partial charge is 0.0465 e. The highest BCUT2D eigenvalue weighted by molar-refractivity contribution is 7.99. The molecule has 6 aromatic carbocycles. The van der Waals surface area contributed by atoms with Crippen LogP contribution in [0.1, 0.15) is 113 Å². The molecule has 6 aliphatic carbocycles. The van der Waals surface area contributed by atoms with Crippen LogP contribution in [-0.2, 0) is 21.7 Å². The molecule has 6 atom stereocenters. The van der Waals surface area contributed by atoms with Crippen LogP contribution in [0.4, 0.5) is 17.1 Å². The predicted octanol–water partition coefficient (Wildman–Crippen LogP) is 15.3. The van der Waals surface area contributed by atoms with E-state index in [-0.39, 0.29) is 21.7 Å². The van der Waals surface area contributed by atoms with E-state index in [1.165, 1.54) is 110 Å². The highest BCUT2D eigenvalue weighted by atomic mass is 32.2. The van der Waals surface area contributed by atoms with Crippen LogP contribution in [0.15, 0.2) is 137 Å². The first kappa shape index (κ1) is 35.2. The summed E-state index contributed by atoms with van der Waals surface area (Å²) in [6, 6.07) is 50.2. The molecule has 6 aromatic rings. The molecule has 1 aliphatic heterocycles. The lowest BCUT2D eigenvalue weighted by atomic mass is 9.26. The Morgan fingerprint density at radius 1 is 0.508 bits per heavy atom. The summed E-state index contributed by atoms with van der Waals surface area (Å²) in [4.78, 5) is 5.63. The summed E-state index contributed by atoms with van der Waals surface area (Å²) < 4.78 is 0. The topological polar surface area (TPSA) is 3.24 Å². The average molecular weight is 786 g/mol. The molecule has 2 heteroatoms. The van der Waals surface area contributed by atoms with Gasteiger partial charge in [-0.1, -0.05) is 138 Å². The maximum Gasteiger partial charge on any atom is 0.0465 e. The number of hydrogen-bond donors (Lipinski definition) is 0. The van der Waals surface area contributed by atoms with E-state index in [2.05, 4.69) is 174 Å². The van der Waals surface area contributed by atoms with Crippen LogP contribution in [0.5, 0.6) is 0 Å². The van der Waals surface area contributed by atoms with E-state index < -0.39 is 0 Å². The van der Waals surface area contributed by atoms with Crippen molar-refractivity contribution in [3.05, 3.63) is 161 Å². The second-order valence-corrected chi connectivity index (χ2v) is 22.7. The normalized spacial score (nSPS) is 29.6. The Bertz CT molecular complexity index is 2790. The number of hydrogen-bond acceptors (Lipinski definition) is 2. The van der Waals surface area contributed by atoms with Gasteiger partial charge in [0.1, 0.15) is 0 Å². The Kier molecular flexibility index (Phi) is 6.83. The first-order chi connectivity index (χ1) is 28.4. The minimum atomic E-state index is -0.0744. The standard InChI is InChI=1S/C57H55NS/c1-53(2)25-26-54(3,4)47-31-38(20-23-44(47)53)58(37-19-22-42-41-15-10-11-17-43(41)55(5,6)46(42)30-37)39-21-24-49-48(32-39)57(50-28-34-27-36-29-51(57)56(36,50)33-34)45-18-12-16-40(52(45)59-49)35-13-8-7-9-14-35/h7-24,30-32,34,36,50-51H,25-29,33H2,1-6H3. The van der Waals surface area contributed by atoms with E-state index >= 15 is 0 Å². The molecule has 0 aromatic heterocycles. The molecule has 1 heterocycles. The first-order valence-electron chi connectivity index (χ1n) is 22.6. The third-order valence-electron chi connectivity index (χ3n) is 17.9. The van der Waals surface area contributed by atoms with Crippen molar-refractivity contribution in [3.63, 3.8) is 0 Å². The third kappa shape index (κ3) is 4.30. The molecule has 0 amide bonds. The van der Waals surface area contributed by atoms with Gasteiger partial charge in [-0.3, -0.25) is 0 Å². The molecule has 0 saturated heterocycles. The van der Waals surface area contributed by atoms with Crippen molar-refractivity contribution < 1.29 is 0 Å². The van der Waals surface area contributed by atoms with Gasteiger partial charge < -0.3 is 4.90 Å². The van der Waals surface area contributed by atoms with Crippen molar-refractivity contribution in [2.45, 2.75) is 112 Å². The summed E-state index contributed by atoms with van der Waals surface area (Å²) in [5, 5.41) is 0. The molecular weight excluding hydrogens is 731 g/mol. The van der Waals surface area contributed by atoms with Gasteiger partial charge in [-0.05, 0) is 177 Å². The van der Waals surface area contributed by atoms with Gasteiger partial charge in [-0.2, -0.15) is 0 Å². The highest BCUT2D eigenvalue weighted by Crippen LogP contribution is 2.89. The van der Waals surface area contributed by atoms with Crippen molar-refractivity contribution in [2.75, 3.05) is 4.90 Å². The van der Waals surface area contributed by atoms with E-state index in [9.17, 15) is 0 Å². The molecule has 2 spiro atoms. The summed E-state index contributed by atoms with van der Waals surface area (Å²) in [6.07, 6.45) is 8.19. The molecule has 59 heavy (non-hydrogen) atoms. The van der Waals surface area contributed by atoms with Gasteiger partial charge in [-0.15, -0.1) is 0 Å². The monoisotopic (exact) mass is 785 g/mol. The van der Waals surface area contributed by atoms with E-state index in [1.807, 2.05) is 11.8 Å². The molecule has 0 radical (unpaired) electrons. The van der Waals surface area contributed by atoms with Crippen LogP contribution < -0.4 is 4.90 Å². The Hall–Kier alpha value is -4.53. The molecule has 4 fully saturated rings. The molecule has 6 unspecified atom stereocenters. The minimum Gasteiger partial charge on any atom is -0.310 e. The van der Waals surface area contributed by atoms with Crippen molar-refractivity contribution in [2.24, 2.45) is 29.1 Å². The molecule has 2 bridgehead atoms. The number of nitrogens with zero attached hydrogens (tertiary/aromatic N) is 1. The molecule has 1 nitrogen and oxygen atoms in total. The highest BCUT2D eigenvalue weighted by Gasteiger charge is 2.84. The lowest BCUT2D eigenvalue weighted by Gasteiger charge is -2.78. The minimum absolute atomic E-state index is 0.0670. The molecule has 13 rings (SSSR count). The van der Waals surface area contributed by atoms with Crippen molar-refractivity contribution in [1.29, 1.82) is 0 Å². The van der Waals surface area contributed by atoms with Crippen LogP contribution in [-0.4, -0.2) is 0 Å². The van der Waals surface area contributed by atoms with E-state index in [0.29, 0.717) is 5.41 Å². The zero-order valence-electron chi connectivity index (χ0n) is 35.5. The van der Waals surface area contributed by atoms with Crippen LogP contribution in [0.3, 0.4) is 0 Å². The van der Waals surface area contributed by atoms with Crippen molar-refractivity contribution in [1.82, 2.24) is 0 Å². The Labute approximate surface area is 355 Å². The fourth-order valence-electron chi connectivity index (χ4n) is 15.1. The molecule has 294 valence electrons. The largest absolute Gasteiger partial charge is 0.310 e. The zero-order chi connectivity index (χ0) is 39.8.